The second kappa shape index (κ2) is 10.7. The Morgan fingerprint density at radius 1 is 1.03 bits per heavy atom. The van der Waals surface area contributed by atoms with Crippen LogP contribution in [0.2, 0.25) is 5.02 Å². The van der Waals surface area contributed by atoms with Gasteiger partial charge in [0.1, 0.15) is 0 Å². The molecule has 1 N–H and O–H groups in total. The summed E-state index contributed by atoms with van der Waals surface area (Å²) in [6, 6.07) is 22.2. The zero-order valence-electron chi connectivity index (χ0n) is 16.3. The maximum absolute atomic E-state index is 13.2. The summed E-state index contributed by atoms with van der Waals surface area (Å²) in [5, 5.41) is 4.44. The van der Waals surface area contributed by atoms with Crippen LogP contribution in [0.15, 0.2) is 93.3 Å². The maximum Gasteiger partial charge on any atom is 0.255 e. The van der Waals surface area contributed by atoms with Crippen molar-refractivity contribution in [1.29, 1.82) is 0 Å². The van der Waals surface area contributed by atoms with E-state index in [0.717, 1.165) is 14.3 Å². The average molecular weight is 521 g/mol. The van der Waals surface area contributed by atoms with Gasteiger partial charge in [0.2, 0.25) is 10.0 Å². The Balaban J connectivity index is 1.77. The molecule has 0 aliphatic heterocycles. The van der Waals surface area contributed by atoms with Gasteiger partial charge in [-0.2, -0.15) is 9.41 Å². The second-order valence-electron chi connectivity index (χ2n) is 6.56. The SMILES string of the molecule is O=C(CN(Cc1ccc(Br)cc1)S(=O)(=O)c1ccccc1)N/N=C\c1cccc(Cl)c1. The molecule has 0 fully saturated rings. The van der Waals surface area contributed by atoms with E-state index < -0.39 is 15.9 Å². The third kappa shape index (κ3) is 6.73. The Labute approximate surface area is 194 Å². The van der Waals surface area contributed by atoms with Crippen LogP contribution in [0.25, 0.3) is 0 Å². The first-order chi connectivity index (χ1) is 14.8. The number of hydrazone groups is 1. The van der Waals surface area contributed by atoms with Gasteiger partial charge in [0.25, 0.3) is 5.91 Å². The number of hydrogen-bond acceptors (Lipinski definition) is 4. The zero-order chi connectivity index (χ0) is 22.3. The van der Waals surface area contributed by atoms with E-state index in [4.69, 9.17) is 11.6 Å². The van der Waals surface area contributed by atoms with Crippen molar-refractivity contribution in [2.45, 2.75) is 11.4 Å². The minimum Gasteiger partial charge on any atom is -0.272 e. The number of nitrogens with zero attached hydrogens (tertiary/aromatic N) is 2. The fraction of sp³-hybridized carbons (Fsp3) is 0.0909. The standard InChI is InChI=1S/C22H19BrClN3O3S/c23-19-11-9-17(10-12-19)15-27(31(29,30)21-7-2-1-3-8-21)16-22(28)26-25-14-18-5-4-6-20(24)13-18/h1-14H,15-16H2,(H,26,28)/b25-14-. The van der Waals surface area contributed by atoms with Crippen molar-refractivity contribution in [3.05, 3.63) is 99.5 Å². The average Bonchev–Trinajstić information content (AvgIpc) is 2.75. The number of nitrogens with one attached hydrogen (secondary N) is 1. The molecule has 0 heterocycles. The van der Waals surface area contributed by atoms with Gasteiger partial charge in [-0.15, -0.1) is 0 Å². The molecular formula is C22H19BrClN3O3S. The highest BCUT2D eigenvalue weighted by atomic mass is 79.9. The van der Waals surface area contributed by atoms with E-state index in [0.29, 0.717) is 10.6 Å². The van der Waals surface area contributed by atoms with Crippen LogP contribution in [0.1, 0.15) is 11.1 Å². The lowest BCUT2D eigenvalue weighted by Gasteiger charge is -2.21. The summed E-state index contributed by atoms with van der Waals surface area (Å²) < 4.78 is 28.3. The molecule has 6 nitrogen and oxygen atoms in total. The zero-order valence-corrected chi connectivity index (χ0v) is 19.4. The van der Waals surface area contributed by atoms with Crippen molar-refractivity contribution in [1.82, 2.24) is 9.73 Å². The fourth-order valence-corrected chi connectivity index (χ4v) is 4.59. The summed E-state index contributed by atoms with van der Waals surface area (Å²) in [6.45, 7) is -0.351. The number of carbonyl (C=O) groups is 1. The van der Waals surface area contributed by atoms with Crippen molar-refractivity contribution in [2.24, 2.45) is 5.10 Å². The molecule has 0 bridgehead atoms. The predicted octanol–water partition coefficient (Wildman–Crippen LogP) is 4.44. The molecule has 0 saturated carbocycles. The molecule has 0 aromatic heterocycles. The highest BCUT2D eigenvalue weighted by molar-refractivity contribution is 9.10. The third-order valence-electron chi connectivity index (χ3n) is 4.22. The maximum atomic E-state index is 13.2. The summed E-state index contributed by atoms with van der Waals surface area (Å²) in [7, 11) is -3.90. The largest absolute Gasteiger partial charge is 0.272 e. The number of sulfonamides is 1. The van der Waals surface area contributed by atoms with E-state index in [1.165, 1.54) is 18.3 Å². The van der Waals surface area contributed by atoms with E-state index in [1.807, 2.05) is 12.1 Å². The molecule has 1 amide bonds. The van der Waals surface area contributed by atoms with Crippen LogP contribution >= 0.6 is 27.5 Å². The van der Waals surface area contributed by atoms with Crippen LogP contribution in [0, 0.1) is 0 Å². The number of amides is 1. The van der Waals surface area contributed by atoms with Gasteiger partial charge in [-0.3, -0.25) is 4.79 Å². The normalized spacial score (nSPS) is 11.7. The molecule has 3 aromatic rings. The first-order valence-corrected chi connectivity index (χ1v) is 11.8. The van der Waals surface area contributed by atoms with Gasteiger partial charge >= 0.3 is 0 Å². The summed E-state index contributed by atoms with van der Waals surface area (Å²) in [5.74, 6) is -0.560. The van der Waals surface area contributed by atoms with Crippen molar-refractivity contribution in [3.63, 3.8) is 0 Å². The van der Waals surface area contributed by atoms with Crippen LogP contribution < -0.4 is 5.43 Å². The summed E-state index contributed by atoms with van der Waals surface area (Å²) in [4.78, 5) is 12.6. The molecule has 0 atom stereocenters. The predicted molar refractivity (Wildman–Crippen MR) is 125 cm³/mol. The van der Waals surface area contributed by atoms with Gasteiger partial charge in [0, 0.05) is 16.0 Å². The van der Waals surface area contributed by atoms with Crippen LogP contribution in [0.3, 0.4) is 0 Å². The molecule has 160 valence electrons. The second-order valence-corrected chi connectivity index (χ2v) is 9.85. The molecule has 0 saturated heterocycles. The number of benzene rings is 3. The summed E-state index contributed by atoms with van der Waals surface area (Å²) in [5.41, 5.74) is 3.83. The Morgan fingerprint density at radius 3 is 2.42 bits per heavy atom. The smallest absolute Gasteiger partial charge is 0.255 e. The third-order valence-corrected chi connectivity index (χ3v) is 6.79. The van der Waals surface area contributed by atoms with Crippen molar-refractivity contribution < 1.29 is 13.2 Å². The van der Waals surface area contributed by atoms with Crippen LogP contribution in [-0.4, -0.2) is 31.4 Å². The topological polar surface area (TPSA) is 78.8 Å². The highest BCUT2D eigenvalue weighted by Gasteiger charge is 2.26. The number of hydrogen-bond donors (Lipinski definition) is 1. The van der Waals surface area contributed by atoms with E-state index in [9.17, 15) is 13.2 Å². The fourth-order valence-electron chi connectivity index (χ4n) is 2.72. The van der Waals surface area contributed by atoms with E-state index >= 15 is 0 Å². The molecule has 0 unspecified atom stereocenters. The van der Waals surface area contributed by atoms with Crippen LogP contribution in [-0.2, 0) is 21.4 Å². The molecule has 9 heteroatoms. The first kappa shape index (κ1) is 23.1. The monoisotopic (exact) mass is 519 g/mol. The lowest BCUT2D eigenvalue weighted by atomic mass is 10.2. The Kier molecular flexibility index (Phi) is 7.97. The lowest BCUT2D eigenvalue weighted by molar-refractivity contribution is -0.121. The van der Waals surface area contributed by atoms with Gasteiger partial charge in [-0.25, -0.2) is 13.8 Å². The van der Waals surface area contributed by atoms with Gasteiger partial charge < -0.3 is 0 Å². The van der Waals surface area contributed by atoms with E-state index in [1.54, 1.807) is 54.6 Å². The number of carbonyl (C=O) groups excluding carboxylic acids is 1. The molecule has 0 aliphatic carbocycles. The van der Waals surface area contributed by atoms with E-state index in [-0.39, 0.29) is 18.0 Å². The first-order valence-electron chi connectivity index (χ1n) is 9.22. The number of halogens is 2. The van der Waals surface area contributed by atoms with Crippen molar-refractivity contribution in [2.75, 3.05) is 6.54 Å². The Morgan fingerprint density at radius 2 is 1.74 bits per heavy atom. The minimum absolute atomic E-state index is 0.0376. The van der Waals surface area contributed by atoms with Gasteiger partial charge in [-0.1, -0.05) is 70.0 Å². The van der Waals surface area contributed by atoms with Crippen LogP contribution in [0.5, 0.6) is 0 Å². The van der Waals surface area contributed by atoms with Gasteiger partial charge in [-0.05, 0) is 47.5 Å². The van der Waals surface area contributed by atoms with E-state index in [2.05, 4.69) is 26.5 Å². The molecule has 0 aliphatic rings. The molecule has 3 aromatic carbocycles. The Bertz CT molecular complexity index is 1170. The lowest BCUT2D eigenvalue weighted by Crippen LogP contribution is -2.39. The summed E-state index contributed by atoms with van der Waals surface area (Å²) in [6.07, 6.45) is 1.44. The molecule has 0 spiro atoms. The van der Waals surface area contributed by atoms with Crippen molar-refractivity contribution >= 4 is 49.7 Å². The van der Waals surface area contributed by atoms with Gasteiger partial charge in [0.05, 0.1) is 17.7 Å². The quantitative estimate of drug-likeness (QED) is 0.352. The van der Waals surface area contributed by atoms with Crippen LogP contribution in [0.4, 0.5) is 0 Å². The minimum atomic E-state index is -3.90. The highest BCUT2D eigenvalue weighted by Crippen LogP contribution is 2.19. The molecule has 3 rings (SSSR count). The molecular weight excluding hydrogens is 502 g/mol. The molecule has 31 heavy (non-hydrogen) atoms. The summed E-state index contributed by atoms with van der Waals surface area (Å²) >= 11 is 9.29. The van der Waals surface area contributed by atoms with Crippen molar-refractivity contribution in [3.8, 4) is 0 Å². The number of rotatable bonds is 8. The molecule has 0 radical (unpaired) electrons. The Hall–Kier alpha value is -2.52. The van der Waals surface area contributed by atoms with Gasteiger partial charge in [0.15, 0.2) is 0 Å².